The molecule has 2 rings (SSSR count). The third-order valence-electron chi connectivity index (χ3n) is 3.99. The van der Waals surface area contributed by atoms with E-state index in [0.29, 0.717) is 19.2 Å². The number of hydrogen-bond acceptors (Lipinski definition) is 3. The fourth-order valence-electron chi connectivity index (χ4n) is 2.84. The van der Waals surface area contributed by atoms with Crippen molar-refractivity contribution < 1.29 is 9.47 Å². The van der Waals surface area contributed by atoms with Crippen LogP contribution in [-0.2, 0) is 6.54 Å². The second kappa shape index (κ2) is 9.28. The van der Waals surface area contributed by atoms with Crippen LogP contribution in [0.25, 0.3) is 0 Å². The first-order chi connectivity index (χ1) is 11.3. The SMILES string of the molecule is CCNC(=NCc1ccc(OC)c(OCC)c1)NC1CCCC1. The Labute approximate surface area is 139 Å². The number of rotatable bonds is 7. The molecule has 2 N–H and O–H groups in total. The third kappa shape index (κ3) is 5.34. The van der Waals surface area contributed by atoms with Crippen LogP contribution in [0.2, 0.25) is 0 Å². The normalized spacial score (nSPS) is 15.5. The molecule has 5 nitrogen and oxygen atoms in total. The molecule has 0 amide bonds. The molecule has 0 bridgehead atoms. The first-order valence-corrected chi connectivity index (χ1v) is 8.61. The van der Waals surface area contributed by atoms with Crippen LogP contribution in [0.1, 0.15) is 45.1 Å². The Morgan fingerprint density at radius 1 is 1.22 bits per heavy atom. The lowest BCUT2D eigenvalue weighted by Crippen LogP contribution is -2.42. The van der Waals surface area contributed by atoms with Gasteiger partial charge >= 0.3 is 0 Å². The highest BCUT2D eigenvalue weighted by Crippen LogP contribution is 2.28. The molecule has 5 heteroatoms. The smallest absolute Gasteiger partial charge is 0.191 e. The molecule has 0 radical (unpaired) electrons. The second-order valence-electron chi connectivity index (χ2n) is 5.74. The van der Waals surface area contributed by atoms with Crippen LogP contribution in [0.5, 0.6) is 11.5 Å². The second-order valence-corrected chi connectivity index (χ2v) is 5.74. The first-order valence-electron chi connectivity index (χ1n) is 8.61. The standard InChI is InChI=1S/C18H29N3O2/c1-4-19-18(21-15-8-6-7-9-15)20-13-14-10-11-16(22-3)17(12-14)23-5-2/h10-12,15H,4-9,13H2,1-3H3,(H2,19,20,21). The number of benzene rings is 1. The van der Waals surface area contributed by atoms with Gasteiger partial charge in [-0.15, -0.1) is 0 Å². The van der Waals surface area contributed by atoms with E-state index < -0.39 is 0 Å². The van der Waals surface area contributed by atoms with Crippen molar-refractivity contribution in [1.29, 1.82) is 0 Å². The maximum absolute atomic E-state index is 5.63. The van der Waals surface area contributed by atoms with Crippen molar-refractivity contribution in [2.75, 3.05) is 20.3 Å². The highest BCUT2D eigenvalue weighted by molar-refractivity contribution is 5.80. The zero-order chi connectivity index (χ0) is 16.5. The van der Waals surface area contributed by atoms with Crippen LogP contribution in [0.4, 0.5) is 0 Å². The molecule has 23 heavy (non-hydrogen) atoms. The van der Waals surface area contributed by atoms with Gasteiger partial charge < -0.3 is 20.1 Å². The number of nitrogens with one attached hydrogen (secondary N) is 2. The van der Waals surface area contributed by atoms with E-state index in [-0.39, 0.29) is 0 Å². The molecule has 128 valence electrons. The summed E-state index contributed by atoms with van der Waals surface area (Å²) in [4.78, 5) is 4.70. The quantitative estimate of drug-likeness (QED) is 0.599. The molecule has 1 fully saturated rings. The number of ether oxygens (including phenoxy) is 2. The van der Waals surface area contributed by atoms with Crippen molar-refractivity contribution in [3.63, 3.8) is 0 Å². The van der Waals surface area contributed by atoms with Crippen molar-refractivity contribution in [2.45, 2.75) is 52.1 Å². The van der Waals surface area contributed by atoms with E-state index in [9.17, 15) is 0 Å². The molecule has 0 spiro atoms. The van der Waals surface area contributed by atoms with E-state index in [0.717, 1.165) is 29.6 Å². The van der Waals surface area contributed by atoms with Gasteiger partial charge in [-0.1, -0.05) is 18.9 Å². The lowest BCUT2D eigenvalue weighted by Gasteiger charge is -2.16. The van der Waals surface area contributed by atoms with E-state index in [1.54, 1.807) is 7.11 Å². The van der Waals surface area contributed by atoms with Crippen LogP contribution >= 0.6 is 0 Å². The minimum atomic E-state index is 0.558. The summed E-state index contributed by atoms with van der Waals surface area (Å²) in [7, 11) is 1.66. The summed E-state index contributed by atoms with van der Waals surface area (Å²) in [6.45, 7) is 6.16. The Morgan fingerprint density at radius 3 is 2.65 bits per heavy atom. The van der Waals surface area contributed by atoms with E-state index in [1.807, 2.05) is 25.1 Å². The van der Waals surface area contributed by atoms with Gasteiger partial charge in [0.2, 0.25) is 0 Å². The van der Waals surface area contributed by atoms with Crippen molar-refractivity contribution >= 4 is 5.96 Å². The van der Waals surface area contributed by atoms with Gasteiger partial charge in [0.25, 0.3) is 0 Å². The lowest BCUT2D eigenvalue weighted by molar-refractivity contribution is 0.310. The Kier molecular flexibility index (Phi) is 7.04. The van der Waals surface area contributed by atoms with Crippen molar-refractivity contribution in [3.8, 4) is 11.5 Å². The van der Waals surface area contributed by atoms with Gasteiger partial charge in [0, 0.05) is 12.6 Å². The molecule has 0 aliphatic heterocycles. The summed E-state index contributed by atoms with van der Waals surface area (Å²) < 4.78 is 10.9. The third-order valence-corrected chi connectivity index (χ3v) is 3.99. The number of guanidine groups is 1. The number of hydrogen-bond donors (Lipinski definition) is 2. The average molecular weight is 319 g/mol. The minimum Gasteiger partial charge on any atom is -0.493 e. The van der Waals surface area contributed by atoms with Crippen LogP contribution < -0.4 is 20.1 Å². The summed E-state index contributed by atoms with van der Waals surface area (Å²) in [5.41, 5.74) is 1.11. The number of methoxy groups -OCH3 is 1. The van der Waals surface area contributed by atoms with Crippen LogP contribution in [0.15, 0.2) is 23.2 Å². The number of aliphatic imine (C=N–C) groups is 1. The van der Waals surface area contributed by atoms with Gasteiger partial charge in [-0.05, 0) is 44.4 Å². The molecular weight excluding hydrogens is 290 g/mol. The molecule has 0 unspecified atom stereocenters. The van der Waals surface area contributed by atoms with E-state index in [1.165, 1.54) is 25.7 Å². The van der Waals surface area contributed by atoms with Crippen LogP contribution in [-0.4, -0.2) is 32.3 Å². The maximum Gasteiger partial charge on any atom is 0.191 e. The summed E-state index contributed by atoms with van der Waals surface area (Å²) in [5, 5.41) is 6.86. The molecular formula is C18H29N3O2. The molecule has 1 saturated carbocycles. The highest BCUT2D eigenvalue weighted by Gasteiger charge is 2.15. The Morgan fingerprint density at radius 2 is 2.00 bits per heavy atom. The molecule has 0 saturated heterocycles. The van der Waals surface area contributed by atoms with Gasteiger partial charge in [0.05, 0.1) is 20.3 Å². The van der Waals surface area contributed by atoms with Gasteiger partial charge in [-0.3, -0.25) is 0 Å². The molecule has 0 atom stereocenters. The molecule has 1 aromatic rings. The minimum absolute atomic E-state index is 0.558. The van der Waals surface area contributed by atoms with Gasteiger partial charge in [0.15, 0.2) is 17.5 Å². The Balaban J connectivity index is 2.03. The molecule has 0 heterocycles. The topological polar surface area (TPSA) is 54.9 Å². The summed E-state index contributed by atoms with van der Waals surface area (Å²) in [6, 6.07) is 6.53. The van der Waals surface area contributed by atoms with E-state index in [4.69, 9.17) is 14.5 Å². The van der Waals surface area contributed by atoms with Gasteiger partial charge in [-0.25, -0.2) is 4.99 Å². The summed E-state index contributed by atoms with van der Waals surface area (Å²) in [5.74, 6) is 2.43. The number of nitrogens with zero attached hydrogens (tertiary/aromatic N) is 1. The Bertz CT molecular complexity index is 511. The van der Waals surface area contributed by atoms with E-state index in [2.05, 4.69) is 17.6 Å². The first kappa shape index (κ1) is 17.4. The molecule has 1 aliphatic carbocycles. The maximum atomic E-state index is 5.63. The van der Waals surface area contributed by atoms with Crippen molar-refractivity contribution in [1.82, 2.24) is 10.6 Å². The highest BCUT2D eigenvalue weighted by atomic mass is 16.5. The molecule has 0 aromatic heterocycles. The predicted octanol–water partition coefficient (Wildman–Crippen LogP) is 3.09. The average Bonchev–Trinajstić information content (AvgIpc) is 3.06. The monoisotopic (exact) mass is 319 g/mol. The summed E-state index contributed by atoms with van der Waals surface area (Å²) >= 11 is 0. The lowest BCUT2D eigenvalue weighted by atomic mass is 10.2. The molecule has 1 aliphatic rings. The van der Waals surface area contributed by atoms with Crippen LogP contribution in [0.3, 0.4) is 0 Å². The van der Waals surface area contributed by atoms with Gasteiger partial charge in [-0.2, -0.15) is 0 Å². The fourth-order valence-corrected chi connectivity index (χ4v) is 2.84. The van der Waals surface area contributed by atoms with E-state index >= 15 is 0 Å². The fraction of sp³-hybridized carbons (Fsp3) is 0.611. The van der Waals surface area contributed by atoms with Crippen molar-refractivity contribution in [2.24, 2.45) is 4.99 Å². The Hall–Kier alpha value is -1.91. The zero-order valence-corrected chi connectivity index (χ0v) is 14.5. The predicted molar refractivity (Wildman–Crippen MR) is 94.4 cm³/mol. The zero-order valence-electron chi connectivity index (χ0n) is 14.5. The van der Waals surface area contributed by atoms with Crippen LogP contribution in [0, 0.1) is 0 Å². The largest absolute Gasteiger partial charge is 0.493 e. The van der Waals surface area contributed by atoms with Crippen molar-refractivity contribution in [3.05, 3.63) is 23.8 Å². The molecule has 1 aromatic carbocycles. The van der Waals surface area contributed by atoms with Gasteiger partial charge in [0.1, 0.15) is 0 Å². The summed E-state index contributed by atoms with van der Waals surface area (Å²) in [6.07, 6.45) is 5.10.